The number of hydrogen-bond acceptors (Lipinski definition) is 6. The molecule has 138 valence electrons. The highest BCUT2D eigenvalue weighted by Gasteiger charge is 2.55. The number of rotatable bonds is 9. The second-order valence-corrected chi connectivity index (χ2v) is 6.06. The van der Waals surface area contributed by atoms with Crippen LogP contribution in [-0.4, -0.2) is 59.8 Å². The monoisotopic (exact) mass is 344 g/mol. The first-order chi connectivity index (χ1) is 11.3. The van der Waals surface area contributed by atoms with Crippen LogP contribution in [0.3, 0.4) is 0 Å². The van der Waals surface area contributed by atoms with E-state index in [1.54, 1.807) is 13.0 Å². The number of carboxylic acid groups (broad SMARTS) is 1. The molecular weight excluding hydrogens is 316 g/mol. The van der Waals surface area contributed by atoms with Crippen LogP contribution in [0.5, 0.6) is 0 Å². The molecular formula is C17H28O7. The molecule has 0 bridgehead atoms. The lowest BCUT2D eigenvalue weighted by atomic mass is 9.91. The highest BCUT2D eigenvalue weighted by Crippen LogP contribution is 2.35. The van der Waals surface area contributed by atoms with Crippen LogP contribution in [0.25, 0.3) is 0 Å². The summed E-state index contributed by atoms with van der Waals surface area (Å²) in [5.41, 5.74) is -0.123. The third kappa shape index (κ3) is 5.12. The van der Waals surface area contributed by atoms with Crippen molar-refractivity contribution < 1.29 is 34.3 Å². The van der Waals surface area contributed by atoms with Crippen LogP contribution in [0.4, 0.5) is 0 Å². The van der Waals surface area contributed by atoms with Gasteiger partial charge in [0, 0.05) is 19.8 Å². The van der Waals surface area contributed by atoms with E-state index in [4.69, 9.17) is 19.3 Å². The summed E-state index contributed by atoms with van der Waals surface area (Å²) in [6.45, 7) is 3.51. The van der Waals surface area contributed by atoms with E-state index in [0.29, 0.717) is 18.4 Å². The molecule has 7 nitrogen and oxygen atoms in total. The number of methoxy groups -OCH3 is 2. The summed E-state index contributed by atoms with van der Waals surface area (Å²) in [5, 5.41) is 29.6. The Hall–Kier alpha value is -1.25. The Morgan fingerprint density at radius 2 is 1.88 bits per heavy atom. The van der Waals surface area contributed by atoms with Gasteiger partial charge in [0.25, 0.3) is 0 Å². The number of aliphatic carboxylic acids is 1. The van der Waals surface area contributed by atoms with E-state index in [1.807, 2.05) is 13.0 Å². The Kier molecular flexibility index (Phi) is 8.05. The van der Waals surface area contributed by atoms with Gasteiger partial charge in [0.1, 0.15) is 11.7 Å². The van der Waals surface area contributed by atoms with E-state index in [1.165, 1.54) is 14.2 Å². The van der Waals surface area contributed by atoms with Gasteiger partial charge in [0.15, 0.2) is 12.6 Å². The van der Waals surface area contributed by atoms with Gasteiger partial charge in [-0.25, -0.2) is 4.79 Å². The summed E-state index contributed by atoms with van der Waals surface area (Å²) in [6, 6.07) is 0. The third-order valence-electron chi connectivity index (χ3n) is 4.25. The van der Waals surface area contributed by atoms with E-state index >= 15 is 0 Å². The molecule has 0 aromatic rings. The zero-order valence-electron chi connectivity index (χ0n) is 14.7. The molecule has 0 aliphatic carbocycles. The van der Waals surface area contributed by atoms with Gasteiger partial charge in [-0.1, -0.05) is 17.7 Å². The number of ether oxygens (including phenoxy) is 3. The number of aliphatic hydroxyl groups excluding tert-OH is 1. The lowest BCUT2D eigenvalue weighted by Gasteiger charge is -2.29. The maximum absolute atomic E-state index is 10.7. The zero-order chi connectivity index (χ0) is 18.3. The van der Waals surface area contributed by atoms with E-state index < -0.39 is 30.3 Å². The van der Waals surface area contributed by atoms with E-state index in [2.05, 4.69) is 0 Å². The lowest BCUT2D eigenvalue weighted by Crippen LogP contribution is -2.49. The molecule has 1 rings (SSSR count). The molecule has 7 heteroatoms. The van der Waals surface area contributed by atoms with Crippen LogP contribution in [0.1, 0.15) is 39.5 Å². The van der Waals surface area contributed by atoms with Crippen LogP contribution < -0.4 is 0 Å². The molecule has 1 aliphatic rings. The largest absolute Gasteiger partial charge is 0.478 e. The number of carbonyl (C=O) groups is 1. The fourth-order valence-electron chi connectivity index (χ4n) is 2.65. The minimum atomic E-state index is -1.54. The Balaban J connectivity index is 2.55. The molecule has 3 N–H and O–H groups in total. The molecule has 0 radical (unpaired) electrons. The van der Waals surface area contributed by atoms with Crippen LogP contribution in [0, 0.1) is 0 Å². The molecule has 24 heavy (non-hydrogen) atoms. The second-order valence-electron chi connectivity index (χ2n) is 6.06. The Labute approximate surface area is 142 Å². The predicted molar refractivity (Wildman–Crippen MR) is 87.3 cm³/mol. The molecule has 0 aromatic carbocycles. The van der Waals surface area contributed by atoms with Gasteiger partial charge in [-0.2, -0.15) is 0 Å². The molecule has 0 aromatic heterocycles. The lowest BCUT2D eigenvalue weighted by molar-refractivity contribution is -0.219. The number of carboxylic acids is 1. The smallest absolute Gasteiger partial charge is 0.330 e. The minimum Gasteiger partial charge on any atom is -0.478 e. The summed E-state index contributed by atoms with van der Waals surface area (Å²) >= 11 is 0. The van der Waals surface area contributed by atoms with Crippen molar-refractivity contribution in [1.29, 1.82) is 0 Å². The van der Waals surface area contributed by atoms with Crippen molar-refractivity contribution in [1.82, 2.24) is 0 Å². The summed E-state index contributed by atoms with van der Waals surface area (Å²) in [5.74, 6) is -0.910. The SMILES string of the molecule is CO[C@@H]1O[C@@H](OC)[C@@](O)(CC/C=C(\C)CC/C=C(\C)C(=O)O)[C@@H]1O. The normalized spacial score (nSPS) is 31.5. The van der Waals surface area contributed by atoms with Gasteiger partial charge in [-0.15, -0.1) is 0 Å². The van der Waals surface area contributed by atoms with Crippen LogP contribution >= 0.6 is 0 Å². The maximum Gasteiger partial charge on any atom is 0.330 e. The first-order valence-electron chi connectivity index (χ1n) is 7.93. The first-order valence-corrected chi connectivity index (χ1v) is 7.93. The molecule has 0 spiro atoms. The summed E-state index contributed by atoms with van der Waals surface area (Å²) in [6.07, 6.45) is 2.74. The molecule has 0 saturated carbocycles. The molecule has 4 atom stereocenters. The first kappa shape index (κ1) is 20.8. The second kappa shape index (κ2) is 9.29. The number of hydrogen-bond donors (Lipinski definition) is 3. The highest BCUT2D eigenvalue weighted by molar-refractivity contribution is 5.85. The minimum absolute atomic E-state index is 0.258. The van der Waals surface area contributed by atoms with Gasteiger partial charge >= 0.3 is 5.97 Å². The van der Waals surface area contributed by atoms with Crippen molar-refractivity contribution in [3.05, 3.63) is 23.3 Å². The highest BCUT2D eigenvalue weighted by atomic mass is 16.8. The zero-order valence-corrected chi connectivity index (χ0v) is 14.7. The van der Waals surface area contributed by atoms with Crippen molar-refractivity contribution in [3.63, 3.8) is 0 Å². The fourth-order valence-corrected chi connectivity index (χ4v) is 2.65. The molecule has 0 amide bonds. The topological polar surface area (TPSA) is 105 Å². The van der Waals surface area contributed by atoms with Gasteiger partial charge in [0.05, 0.1) is 0 Å². The quantitative estimate of drug-likeness (QED) is 0.431. The summed E-state index contributed by atoms with van der Waals surface area (Å²) in [7, 11) is 2.79. The summed E-state index contributed by atoms with van der Waals surface area (Å²) < 4.78 is 15.4. The molecule has 1 aliphatic heterocycles. The van der Waals surface area contributed by atoms with Crippen LogP contribution in [-0.2, 0) is 19.0 Å². The molecule has 1 heterocycles. The third-order valence-corrected chi connectivity index (χ3v) is 4.25. The van der Waals surface area contributed by atoms with Crippen molar-refractivity contribution in [2.24, 2.45) is 0 Å². The van der Waals surface area contributed by atoms with Crippen molar-refractivity contribution >= 4 is 5.97 Å². The summed E-state index contributed by atoms with van der Waals surface area (Å²) in [4.78, 5) is 10.7. The van der Waals surface area contributed by atoms with Crippen molar-refractivity contribution in [2.75, 3.05) is 14.2 Å². The Morgan fingerprint density at radius 3 is 2.42 bits per heavy atom. The predicted octanol–water partition coefficient (Wildman–Crippen LogP) is 1.59. The van der Waals surface area contributed by atoms with E-state index in [-0.39, 0.29) is 6.42 Å². The van der Waals surface area contributed by atoms with Gasteiger partial charge in [-0.05, 0) is 39.5 Å². The van der Waals surface area contributed by atoms with Crippen molar-refractivity contribution in [2.45, 2.75) is 63.8 Å². The molecule has 0 unspecified atom stereocenters. The Morgan fingerprint density at radius 1 is 1.21 bits per heavy atom. The standard InChI is InChI=1S/C17H28O7/c1-11(7-5-9-12(2)14(19)20)8-6-10-17(21)13(18)15(22-3)24-16(17)23-4/h8-9,13,15-16,18,21H,5-7,10H2,1-4H3,(H,19,20)/b11-8+,12-9+/t13-,15-,16-,17-/m1/s1. The van der Waals surface area contributed by atoms with Crippen LogP contribution in [0.2, 0.25) is 0 Å². The fraction of sp³-hybridized carbons (Fsp3) is 0.706. The maximum atomic E-state index is 10.7. The van der Waals surface area contributed by atoms with E-state index in [9.17, 15) is 15.0 Å². The van der Waals surface area contributed by atoms with E-state index in [0.717, 1.165) is 12.0 Å². The average molecular weight is 344 g/mol. The van der Waals surface area contributed by atoms with Gasteiger partial charge < -0.3 is 29.5 Å². The Bertz CT molecular complexity index is 481. The average Bonchev–Trinajstić information content (AvgIpc) is 2.78. The molecule has 1 saturated heterocycles. The molecule has 1 fully saturated rings. The number of aliphatic hydroxyl groups is 2. The van der Waals surface area contributed by atoms with Gasteiger partial charge in [-0.3, -0.25) is 0 Å². The van der Waals surface area contributed by atoms with Gasteiger partial charge in [0.2, 0.25) is 0 Å². The van der Waals surface area contributed by atoms with Crippen LogP contribution in [0.15, 0.2) is 23.3 Å². The van der Waals surface area contributed by atoms with Crippen molar-refractivity contribution in [3.8, 4) is 0 Å². The number of allylic oxidation sites excluding steroid dienone is 3.